The minimum Gasteiger partial charge on any atom is -0.497 e. The van der Waals surface area contributed by atoms with Crippen molar-refractivity contribution >= 4 is 11.6 Å². The van der Waals surface area contributed by atoms with Crippen LogP contribution in [0.1, 0.15) is 21.7 Å². The lowest BCUT2D eigenvalue weighted by molar-refractivity contribution is 0.101. The van der Waals surface area contributed by atoms with E-state index >= 15 is 0 Å². The van der Waals surface area contributed by atoms with Crippen molar-refractivity contribution in [2.24, 2.45) is 7.05 Å². The maximum Gasteiger partial charge on any atom is 0.295 e. The number of carbonyl (C=O) groups excluding carboxylic acids is 1. The molecule has 0 aliphatic rings. The van der Waals surface area contributed by atoms with Crippen molar-refractivity contribution in [3.63, 3.8) is 0 Å². The molecule has 8 nitrogen and oxygen atoms in total. The second kappa shape index (κ2) is 8.38. The molecule has 0 spiro atoms. The van der Waals surface area contributed by atoms with E-state index in [1.165, 1.54) is 42.1 Å². The fourth-order valence-corrected chi connectivity index (χ4v) is 3.53. The number of aromatic nitrogens is 3. The first kappa shape index (κ1) is 22.0. The molecule has 0 radical (unpaired) electrons. The summed E-state index contributed by atoms with van der Waals surface area (Å²) in [7, 11) is 2.99. The number of hydrogen-bond donors (Lipinski definition) is 1. The first-order valence-corrected chi connectivity index (χ1v) is 9.89. The fraction of sp³-hybridized carbons (Fsp3) is 0.174. The standard InChI is InChI=1S/C23H20F2N4O4/c1-12-19(27-33-21(12)15-10-9-14(32-4)11-17(15)25)22(30)26-20-13(2)28(3)29(23(20)31)18-8-6-5-7-16(18)24/h5-11H,1-4H3,(H,26,30). The number of carbonyl (C=O) groups is 1. The zero-order valence-electron chi connectivity index (χ0n) is 18.3. The van der Waals surface area contributed by atoms with Gasteiger partial charge in [0.25, 0.3) is 11.5 Å². The van der Waals surface area contributed by atoms with Crippen molar-refractivity contribution in [1.29, 1.82) is 0 Å². The Kier molecular flexibility index (Phi) is 5.59. The summed E-state index contributed by atoms with van der Waals surface area (Å²) in [6.45, 7) is 3.17. The van der Waals surface area contributed by atoms with Gasteiger partial charge in [-0.2, -0.15) is 0 Å². The van der Waals surface area contributed by atoms with Crippen LogP contribution in [-0.4, -0.2) is 27.5 Å². The van der Waals surface area contributed by atoms with E-state index in [1.807, 2.05) is 0 Å². The molecule has 0 atom stereocenters. The quantitative estimate of drug-likeness (QED) is 0.493. The van der Waals surface area contributed by atoms with Gasteiger partial charge in [0, 0.05) is 18.7 Å². The molecule has 2 aromatic heterocycles. The lowest BCUT2D eigenvalue weighted by Gasteiger charge is -2.08. The molecule has 0 fully saturated rings. The number of nitrogens with zero attached hydrogens (tertiary/aromatic N) is 3. The molecule has 170 valence electrons. The van der Waals surface area contributed by atoms with Crippen LogP contribution in [0.3, 0.4) is 0 Å². The molecule has 33 heavy (non-hydrogen) atoms. The topological polar surface area (TPSA) is 91.3 Å². The lowest BCUT2D eigenvalue weighted by atomic mass is 10.1. The number of anilines is 1. The van der Waals surface area contributed by atoms with Crippen LogP contribution in [0.4, 0.5) is 14.5 Å². The van der Waals surface area contributed by atoms with Crippen LogP contribution in [0.15, 0.2) is 51.8 Å². The van der Waals surface area contributed by atoms with Crippen LogP contribution in [0.5, 0.6) is 5.75 Å². The Balaban J connectivity index is 1.69. The van der Waals surface area contributed by atoms with Crippen molar-refractivity contribution in [2.45, 2.75) is 13.8 Å². The van der Waals surface area contributed by atoms with Gasteiger partial charge in [-0.1, -0.05) is 17.3 Å². The van der Waals surface area contributed by atoms with Crippen LogP contribution >= 0.6 is 0 Å². The molecule has 10 heteroatoms. The van der Waals surface area contributed by atoms with E-state index < -0.39 is 23.1 Å². The highest BCUT2D eigenvalue weighted by Gasteiger charge is 2.25. The smallest absolute Gasteiger partial charge is 0.295 e. The van der Waals surface area contributed by atoms with Crippen molar-refractivity contribution in [1.82, 2.24) is 14.5 Å². The van der Waals surface area contributed by atoms with E-state index in [2.05, 4.69) is 10.5 Å². The average Bonchev–Trinajstić information content (AvgIpc) is 3.27. The monoisotopic (exact) mass is 454 g/mol. The minimum atomic E-state index is -0.720. The van der Waals surface area contributed by atoms with Crippen LogP contribution in [0, 0.1) is 25.5 Å². The molecule has 4 aromatic rings. The highest BCUT2D eigenvalue weighted by Crippen LogP contribution is 2.30. The molecular weight excluding hydrogens is 434 g/mol. The normalized spacial score (nSPS) is 11.0. The predicted molar refractivity (Wildman–Crippen MR) is 117 cm³/mol. The Morgan fingerprint density at radius 1 is 1.12 bits per heavy atom. The summed E-state index contributed by atoms with van der Waals surface area (Å²) >= 11 is 0. The molecule has 0 aliphatic carbocycles. The second-order valence-corrected chi connectivity index (χ2v) is 7.34. The predicted octanol–water partition coefficient (Wildman–Crippen LogP) is 3.99. The number of halogens is 2. The van der Waals surface area contributed by atoms with Gasteiger partial charge in [0.05, 0.1) is 18.4 Å². The summed E-state index contributed by atoms with van der Waals surface area (Å²) in [4.78, 5) is 25.9. The van der Waals surface area contributed by atoms with Gasteiger partial charge in [0.15, 0.2) is 11.5 Å². The van der Waals surface area contributed by atoms with E-state index in [0.717, 1.165) is 4.68 Å². The Morgan fingerprint density at radius 2 is 1.85 bits per heavy atom. The maximum absolute atomic E-state index is 14.5. The third-order valence-electron chi connectivity index (χ3n) is 5.43. The molecule has 1 N–H and O–H groups in total. The zero-order chi connectivity index (χ0) is 23.9. The molecule has 0 unspecified atom stereocenters. The van der Waals surface area contributed by atoms with Gasteiger partial charge in [0.1, 0.15) is 28.8 Å². The first-order chi connectivity index (χ1) is 15.7. The number of ether oxygens (including phenoxy) is 1. The number of para-hydroxylation sites is 1. The van der Waals surface area contributed by atoms with Gasteiger partial charge in [-0.05, 0) is 38.1 Å². The third-order valence-corrected chi connectivity index (χ3v) is 5.43. The highest BCUT2D eigenvalue weighted by atomic mass is 19.1. The molecule has 4 rings (SSSR count). The number of benzene rings is 2. The minimum absolute atomic E-state index is 0.0367. The SMILES string of the molecule is COc1ccc(-c2onc(C(=O)Nc3c(C)n(C)n(-c4ccccc4F)c3=O)c2C)c(F)c1. The van der Waals surface area contributed by atoms with Crippen LogP contribution in [0.25, 0.3) is 17.0 Å². The average molecular weight is 454 g/mol. The van der Waals surface area contributed by atoms with E-state index in [1.54, 1.807) is 33.0 Å². The first-order valence-electron chi connectivity index (χ1n) is 9.89. The maximum atomic E-state index is 14.5. The number of methoxy groups -OCH3 is 1. The molecule has 0 bridgehead atoms. The van der Waals surface area contributed by atoms with Crippen LogP contribution in [0.2, 0.25) is 0 Å². The summed E-state index contributed by atoms with van der Waals surface area (Å²) < 4.78 is 41.5. The third kappa shape index (κ3) is 3.69. The van der Waals surface area contributed by atoms with Gasteiger partial charge in [-0.15, -0.1) is 0 Å². The van der Waals surface area contributed by atoms with Gasteiger partial charge in [-0.25, -0.2) is 13.5 Å². The molecule has 1 amide bonds. The van der Waals surface area contributed by atoms with Gasteiger partial charge >= 0.3 is 0 Å². The lowest BCUT2D eigenvalue weighted by Crippen LogP contribution is -2.24. The van der Waals surface area contributed by atoms with E-state index in [9.17, 15) is 18.4 Å². The van der Waals surface area contributed by atoms with Crippen molar-refractivity contribution in [2.75, 3.05) is 12.4 Å². The molecule has 0 saturated carbocycles. The number of rotatable bonds is 5. The number of hydrogen-bond acceptors (Lipinski definition) is 5. The Morgan fingerprint density at radius 3 is 2.52 bits per heavy atom. The van der Waals surface area contributed by atoms with E-state index in [4.69, 9.17) is 9.26 Å². The molecule has 2 heterocycles. The zero-order valence-corrected chi connectivity index (χ0v) is 18.3. The van der Waals surface area contributed by atoms with Gasteiger partial charge in [-0.3, -0.25) is 14.3 Å². The second-order valence-electron chi connectivity index (χ2n) is 7.34. The van der Waals surface area contributed by atoms with Crippen molar-refractivity contribution < 1.29 is 22.8 Å². The molecule has 0 aliphatic heterocycles. The summed E-state index contributed by atoms with van der Waals surface area (Å²) in [5, 5.41) is 6.30. The van der Waals surface area contributed by atoms with Crippen molar-refractivity contribution in [3.8, 4) is 22.8 Å². The molecule has 0 saturated heterocycles. The highest BCUT2D eigenvalue weighted by molar-refractivity contribution is 6.04. The van der Waals surface area contributed by atoms with E-state index in [-0.39, 0.29) is 28.4 Å². The van der Waals surface area contributed by atoms with Crippen molar-refractivity contribution in [3.05, 3.63) is 81.4 Å². The molecular formula is C23H20F2N4O4. The summed E-state index contributed by atoms with van der Waals surface area (Å²) in [6.07, 6.45) is 0. The fourth-order valence-electron chi connectivity index (χ4n) is 3.53. The Hall–Kier alpha value is -4.21. The number of amides is 1. The summed E-state index contributed by atoms with van der Waals surface area (Å²) in [5.74, 6) is -1.50. The largest absolute Gasteiger partial charge is 0.497 e. The van der Waals surface area contributed by atoms with Gasteiger partial charge in [0.2, 0.25) is 0 Å². The summed E-state index contributed by atoms with van der Waals surface area (Å²) in [6, 6.07) is 10.0. The van der Waals surface area contributed by atoms with Crippen LogP contribution < -0.4 is 15.6 Å². The Labute approximate surface area is 187 Å². The van der Waals surface area contributed by atoms with Gasteiger partial charge < -0.3 is 14.6 Å². The number of nitrogens with one attached hydrogen (secondary N) is 1. The van der Waals surface area contributed by atoms with E-state index in [0.29, 0.717) is 17.0 Å². The Bertz CT molecular complexity index is 1430. The summed E-state index contributed by atoms with van der Waals surface area (Å²) in [5.41, 5.74) is 0.0848. The molecule has 2 aromatic carbocycles. The van der Waals surface area contributed by atoms with Crippen LogP contribution in [-0.2, 0) is 7.05 Å².